The Labute approximate surface area is 129 Å². The van der Waals surface area contributed by atoms with E-state index < -0.39 is 6.04 Å². The minimum atomic E-state index is -0.568. The van der Waals surface area contributed by atoms with E-state index in [2.05, 4.69) is 5.32 Å². The fourth-order valence-corrected chi connectivity index (χ4v) is 2.71. The lowest BCUT2D eigenvalue weighted by Gasteiger charge is -2.35. The molecule has 2 aromatic carbocycles. The molecular weight excluding hydrogens is 276 g/mol. The smallest absolute Gasteiger partial charge is 0.254 e. The molecule has 0 spiro atoms. The van der Waals surface area contributed by atoms with E-state index in [-0.39, 0.29) is 11.8 Å². The minimum absolute atomic E-state index is 0.110. The van der Waals surface area contributed by atoms with Gasteiger partial charge in [0.15, 0.2) is 0 Å². The lowest BCUT2D eigenvalue weighted by molar-refractivity contribution is -0.128. The van der Waals surface area contributed by atoms with Crippen molar-refractivity contribution in [3.05, 3.63) is 71.3 Å². The van der Waals surface area contributed by atoms with E-state index in [4.69, 9.17) is 0 Å². The normalized spacial score (nSPS) is 18.0. The Bertz CT molecular complexity index is 680. The largest absolute Gasteiger partial charge is 0.352 e. The summed E-state index contributed by atoms with van der Waals surface area (Å²) in [7, 11) is 0. The van der Waals surface area contributed by atoms with Gasteiger partial charge in [0, 0.05) is 18.7 Å². The Balaban J connectivity index is 1.95. The molecule has 1 heterocycles. The highest BCUT2D eigenvalue weighted by molar-refractivity contribution is 5.98. The van der Waals surface area contributed by atoms with Crippen molar-refractivity contribution in [2.75, 3.05) is 13.1 Å². The highest BCUT2D eigenvalue weighted by atomic mass is 16.2. The summed E-state index contributed by atoms with van der Waals surface area (Å²) in [6.07, 6.45) is 0. The van der Waals surface area contributed by atoms with Gasteiger partial charge in [-0.25, -0.2) is 0 Å². The van der Waals surface area contributed by atoms with Gasteiger partial charge in [-0.05, 0) is 24.6 Å². The van der Waals surface area contributed by atoms with Gasteiger partial charge in [-0.2, -0.15) is 0 Å². The molecule has 1 aliphatic heterocycles. The monoisotopic (exact) mass is 294 g/mol. The van der Waals surface area contributed by atoms with E-state index >= 15 is 0 Å². The number of piperazine rings is 1. The van der Waals surface area contributed by atoms with E-state index in [9.17, 15) is 9.59 Å². The quantitative estimate of drug-likeness (QED) is 0.924. The zero-order chi connectivity index (χ0) is 15.5. The first-order valence-corrected chi connectivity index (χ1v) is 7.37. The number of nitrogens with zero attached hydrogens (tertiary/aromatic N) is 1. The number of benzene rings is 2. The van der Waals surface area contributed by atoms with Crippen LogP contribution in [0.25, 0.3) is 0 Å². The second kappa shape index (κ2) is 6.02. The van der Waals surface area contributed by atoms with Gasteiger partial charge in [-0.15, -0.1) is 0 Å². The maximum Gasteiger partial charge on any atom is 0.254 e. The Morgan fingerprint density at radius 2 is 1.77 bits per heavy atom. The molecule has 0 radical (unpaired) electrons. The van der Waals surface area contributed by atoms with Crippen LogP contribution in [0.5, 0.6) is 0 Å². The predicted octanol–water partition coefficient (Wildman–Crippen LogP) is 2.31. The van der Waals surface area contributed by atoms with Crippen LogP contribution in [0.2, 0.25) is 0 Å². The van der Waals surface area contributed by atoms with Crippen molar-refractivity contribution in [1.82, 2.24) is 10.2 Å². The van der Waals surface area contributed by atoms with Crippen molar-refractivity contribution in [2.24, 2.45) is 0 Å². The molecule has 0 saturated carbocycles. The summed E-state index contributed by atoms with van der Waals surface area (Å²) in [6, 6.07) is 16.3. The maximum absolute atomic E-state index is 12.7. The van der Waals surface area contributed by atoms with Crippen LogP contribution in [0.1, 0.15) is 27.5 Å². The third kappa shape index (κ3) is 2.72. The van der Waals surface area contributed by atoms with Crippen molar-refractivity contribution in [1.29, 1.82) is 0 Å². The molecule has 1 unspecified atom stereocenters. The summed E-state index contributed by atoms with van der Waals surface area (Å²) >= 11 is 0. The van der Waals surface area contributed by atoms with Gasteiger partial charge in [0.05, 0.1) is 0 Å². The first-order valence-electron chi connectivity index (χ1n) is 7.37. The number of rotatable bonds is 2. The molecule has 0 aliphatic carbocycles. The fraction of sp³-hybridized carbons (Fsp3) is 0.222. The predicted molar refractivity (Wildman–Crippen MR) is 84.4 cm³/mol. The SMILES string of the molecule is Cc1ccc(C2C(=O)NCCN2C(=O)c2ccccc2)cc1. The molecule has 0 aromatic heterocycles. The van der Waals surface area contributed by atoms with Crippen molar-refractivity contribution in [2.45, 2.75) is 13.0 Å². The van der Waals surface area contributed by atoms with Crippen LogP contribution in [0.3, 0.4) is 0 Å². The van der Waals surface area contributed by atoms with Crippen LogP contribution in [-0.4, -0.2) is 29.8 Å². The van der Waals surface area contributed by atoms with Crippen LogP contribution in [0, 0.1) is 6.92 Å². The molecule has 1 fully saturated rings. The Morgan fingerprint density at radius 3 is 2.45 bits per heavy atom. The topological polar surface area (TPSA) is 49.4 Å². The summed E-state index contributed by atoms with van der Waals surface area (Å²) in [4.78, 5) is 26.7. The third-order valence-corrected chi connectivity index (χ3v) is 3.89. The molecule has 1 aliphatic rings. The van der Waals surface area contributed by atoms with Gasteiger partial charge >= 0.3 is 0 Å². The summed E-state index contributed by atoms with van der Waals surface area (Å²) in [6.45, 7) is 3.00. The molecule has 0 bridgehead atoms. The number of aryl methyl sites for hydroxylation is 1. The Morgan fingerprint density at radius 1 is 1.09 bits per heavy atom. The standard InChI is InChI=1S/C18H18N2O2/c1-13-7-9-14(10-8-13)16-17(21)19-11-12-20(16)18(22)15-5-3-2-4-6-15/h2-10,16H,11-12H2,1H3,(H,19,21). The molecule has 4 heteroatoms. The van der Waals surface area contributed by atoms with Crippen LogP contribution >= 0.6 is 0 Å². The average molecular weight is 294 g/mol. The number of amides is 2. The molecule has 112 valence electrons. The highest BCUT2D eigenvalue weighted by Gasteiger charge is 2.34. The molecule has 2 amide bonds. The second-order valence-corrected chi connectivity index (χ2v) is 5.47. The number of carbonyl (C=O) groups excluding carboxylic acids is 2. The zero-order valence-electron chi connectivity index (χ0n) is 12.5. The van der Waals surface area contributed by atoms with Crippen molar-refractivity contribution < 1.29 is 9.59 Å². The summed E-state index contributed by atoms with van der Waals surface area (Å²) in [5, 5.41) is 2.85. The lowest BCUT2D eigenvalue weighted by atomic mass is 10.00. The first kappa shape index (κ1) is 14.3. The summed E-state index contributed by atoms with van der Waals surface area (Å²) in [5.41, 5.74) is 2.57. The first-order chi connectivity index (χ1) is 10.7. The van der Waals surface area contributed by atoms with Gasteiger partial charge < -0.3 is 10.2 Å². The fourth-order valence-electron chi connectivity index (χ4n) is 2.71. The molecule has 1 atom stereocenters. The third-order valence-electron chi connectivity index (χ3n) is 3.89. The molecule has 22 heavy (non-hydrogen) atoms. The average Bonchev–Trinajstić information content (AvgIpc) is 2.56. The Kier molecular flexibility index (Phi) is 3.92. The summed E-state index contributed by atoms with van der Waals surface area (Å²) in [5.74, 6) is -0.236. The number of nitrogens with one attached hydrogen (secondary N) is 1. The molecule has 3 rings (SSSR count). The van der Waals surface area contributed by atoms with Gasteiger partial charge in [0.2, 0.25) is 5.91 Å². The number of carbonyl (C=O) groups is 2. The van der Waals surface area contributed by atoms with Crippen molar-refractivity contribution in [3.8, 4) is 0 Å². The van der Waals surface area contributed by atoms with Crippen molar-refractivity contribution >= 4 is 11.8 Å². The second-order valence-electron chi connectivity index (χ2n) is 5.47. The zero-order valence-corrected chi connectivity index (χ0v) is 12.5. The van der Waals surface area contributed by atoms with E-state index in [1.165, 1.54) is 0 Å². The molecule has 4 nitrogen and oxygen atoms in total. The summed E-state index contributed by atoms with van der Waals surface area (Å²) < 4.78 is 0. The van der Waals surface area contributed by atoms with Gasteiger partial charge in [-0.3, -0.25) is 9.59 Å². The minimum Gasteiger partial charge on any atom is -0.352 e. The van der Waals surface area contributed by atoms with E-state index in [1.54, 1.807) is 17.0 Å². The van der Waals surface area contributed by atoms with Gasteiger partial charge in [-0.1, -0.05) is 48.0 Å². The van der Waals surface area contributed by atoms with E-state index in [1.807, 2.05) is 49.4 Å². The van der Waals surface area contributed by atoms with Crippen molar-refractivity contribution in [3.63, 3.8) is 0 Å². The molecule has 2 aromatic rings. The van der Waals surface area contributed by atoms with Crippen LogP contribution in [0.15, 0.2) is 54.6 Å². The highest BCUT2D eigenvalue weighted by Crippen LogP contribution is 2.25. The van der Waals surface area contributed by atoms with Crippen LogP contribution in [-0.2, 0) is 4.79 Å². The van der Waals surface area contributed by atoms with E-state index in [0.717, 1.165) is 11.1 Å². The van der Waals surface area contributed by atoms with Crippen LogP contribution in [0.4, 0.5) is 0 Å². The lowest BCUT2D eigenvalue weighted by Crippen LogP contribution is -2.52. The van der Waals surface area contributed by atoms with Crippen LogP contribution < -0.4 is 5.32 Å². The van der Waals surface area contributed by atoms with E-state index in [0.29, 0.717) is 18.7 Å². The molecule has 1 saturated heterocycles. The maximum atomic E-state index is 12.7. The van der Waals surface area contributed by atoms with Gasteiger partial charge in [0.25, 0.3) is 5.91 Å². The Hall–Kier alpha value is -2.62. The molecule has 1 N–H and O–H groups in total. The number of hydrogen-bond donors (Lipinski definition) is 1. The van der Waals surface area contributed by atoms with Gasteiger partial charge in [0.1, 0.15) is 6.04 Å². The molecular formula is C18H18N2O2. The number of hydrogen-bond acceptors (Lipinski definition) is 2.